The van der Waals surface area contributed by atoms with E-state index >= 15 is 0 Å². The van der Waals surface area contributed by atoms with Crippen LogP contribution in [-0.2, 0) is 10.0 Å². The van der Waals surface area contributed by atoms with Crippen molar-refractivity contribution >= 4 is 10.0 Å². The van der Waals surface area contributed by atoms with Crippen molar-refractivity contribution in [2.75, 3.05) is 13.7 Å². The number of aromatic nitrogens is 2. The number of benzene rings is 1. The van der Waals surface area contributed by atoms with Crippen LogP contribution in [0.5, 0.6) is 5.75 Å². The Morgan fingerprint density at radius 2 is 2.04 bits per heavy atom. The molecule has 1 aliphatic heterocycles. The van der Waals surface area contributed by atoms with Gasteiger partial charge in [0, 0.05) is 12.2 Å². The van der Waals surface area contributed by atoms with Crippen LogP contribution in [0.4, 0.5) is 0 Å². The van der Waals surface area contributed by atoms with Gasteiger partial charge in [-0.1, -0.05) is 12.5 Å². The molecule has 1 atom stereocenters. The van der Waals surface area contributed by atoms with E-state index in [-0.39, 0.29) is 10.9 Å². The molecule has 0 bridgehead atoms. The fourth-order valence-corrected chi connectivity index (χ4v) is 5.12. The summed E-state index contributed by atoms with van der Waals surface area (Å²) < 4.78 is 33.5. The highest BCUT2D eigenvalue weighted by atomic mass is 32.2. The Bertz CT molecular complexity index is 829. The third-order valence-corrected chi connectivity index (χ3v) is 6.36. The van der Waals surface area contributed by atoms with Gasteiger partial charge in [0.25, 0.3) is 0 Å². The zero-order chi connectivity index (χ0) is 17.3. The SMILES string of the molecule is COc1ccc(C)cc1S(=O)(=O)N1CCCCC1c1cc(C)[nH]n1. The molecule has 1 fully saturated rings. The molecule has 0 amide bonds. The molecule has 1 aromatic carbocycles. The van der Waals surface area contributed by atoms with Crippen LogP contribution < -0.4 is 4.74 Å². The van der Waals surface area contributed by atoms with Gasteiger partial charge < -0.3 is 4.74 Å². The standard InChI is InChI=1S/C17H23N3O3S/c1-12-7-8-16(23-3)17(10-12)24(21,22)20-9-5-4-6-15(20)14-11-13(2)18-19-14/h7-8,10-11,15H,4-6,9H2,1-3H3,(H,18,19). The summed E-state index contributed by atoms with van der Waals surface area (Å²) in [7, 11) is -2.17. The molecule has 1 N–H and O–H groups in total. The van der Waals surface area contributed by atoms with Gasteiger partial charge in [-0.3, -0.25) is 5.10 Å². The van der Waals surface area contributed by atoms with Gasteiger partial charge in [0.15, 0.2) is 0 Å². The Kier molecular flexibility index (Phi) is 4.64. The molecule has 0 aliphatic carbocycles. The Labute approximate surface area is 142 Å². The van der Waals surface area contributed by atoms with E-state index in [9.17, 15) is 8.42 Å². The molecule has 2 heterocycles. The van der Waals surface area contributed by atoms with Crippen LogP contribution >= 0.6 is 0 Å². The number of sulfonamides is 1. The van der Waals surface area contributed by atoms with Gasteiger partial charge in [0.2, 0.25) is 10.0 Å². The second-order valence-corrected chi connectivity index (χ2v) is 8.12. The first-order valence-corrected chi connectivity index (χ1v) is 9.56. The molecule has 24 heavy (non-hydrogen) atoms. The number of H-pyrrole nitrogens is 1. The quantitative estimate of drug-likeness (QED) is 0.921. The number of piperidine rings is 1. The second-order valence-electron chi connectivity index (χ2n) is 6.26. The number of methoxy groups -OCH3 is 1. The monoisotopic (exact) mass is 349 g/mol. The summed E-state index contributed by atoms with van der Waals surface area (Å²) in [6.45, 7) is 4.29. The van der Waals surface area contributed by atoms with Gasteiger partial charge in [0.1, 0.15) is 10.6 Å². The number of nitrogens with one attached hydrogen (secondary N) is 1. The Morgan fingerprint density at radius 3 is 2.71 bits per heavy atom. The molecule has 130 valence electrons. The number of rotatable bonds is 4. The Balaban J connectivity index is 2.05. The highest BCUT2D eigenvalue weighted by Crippen LogP contribution is 2.37. The van der Waals surface area contributed by atoms with E-state index < -0.39 is 10.0 Å². The van der Waals surface area contributed by atoms with Crippen LogP contribution in [0.3, 0.4) is 0 Å². The molecule has 1 aromatic heterocycles. The molecule has 0 radical (unpaired) electrons. The molecule has 2 aromatic rings. The van der Waals surface area contributed by atoms with Crippen LogP contribution in [0.15, 0.2) is 29.2 Å². The van der Waals surface area contributed by atoms with Crippen molar-refractivity contribution in [3.8, 4) is 5.75 Å². The third kappa shape index (κ3) is 3.06. The average Bonchev–Trinajstić information content (AvgIpc) is 3.01. The Hall–Kier alpha value is -1.86. The molecular formula is C17H23N3O3S. The van der Waals surface area contributed by atoms with Crippen LogP contribution in [0.2, 0.25) is 0 Å². The normalized spacial score (nSPS) is 19.4. The molecule has 0 spiro atoms. The van der Waals surface area contributed by atoms with Gasteiger partial charge in [-0.15, -0.1) is 0 Å². The first-order valence-electron chi connectivity index (χ1n) is 8.12. The van der Waals surface area contributed by atoms with Crippen LogP contribution in [-0.4, -0.2) is 36.6 Å². The first kappa shape index (κ1) is 17.0. The number of aromatic amines is 1. The molecule has 1 saturated heterocycles. The molecule has 1 aliphatic rings. The minimum atomic E-state index is -3.66. The molecule has 0 saturated carbocycles. The highest BCUT2D eigenvalue weighted by Gasteiger charge is 2.37. The predicted octanol–water partition coefficient (Wildman–Crippen LogP) is 2.95. The van der Waals surface area contributed by atoms with Crippen molar-refractivity contribution in [2.45, 2.75) is 44.0 Å². The minimum absolute atomic E-state index is 0.226. The van der Waals surface area contributed by atoms with Gasteiger partial charge in [-0.2, -0.15) is 9.40 Å². The summed E-state index contributed by atoms with van der Waals surface area (Å²) in [4.78, 5) is 0.226. The van der Waals surface area contributed by atoms with E-state index in [0.29, 0.717) is 12.3 Å². The van der Waals surface area contributed by atoms with E-state index in [1.54, 1.807) is 16.4 Å². The number of aryl methyl sites for hydroxylation is 2. The molecule has 1 unspecified atom stereocenters. The molecular weight excluding hydrogens is 326 g/mol. The van der Waals surface area contributed by atoms with Gasteiger partial charge in [-0.25, -0.2) is 8.42 Å². The first-order chi connectivity index (χ1) is 11.4. The highest BCUT2D eigenvalue weighted by molar-refractivity contribution is 7.89. The summed E-state index contributed by atoms with van der Waals surface area (Å²) in [6.07, 6.45) is 2.62. The van der Waals surface area contributed by atoms with Gasteiger partial charge >= 0.3 is 0 Å². The predicted molar refractivity (Wildman–Crippen MR) is 91.5 cm³/mol. The summed E-state index contributed by atoms with van der Waals surface area (Å²) in [5.41, 5.74) is 2.60. The van der Waals surface area contributed by atoms with Gasteiger partial charge in [-0.05, 0) is 50.5 Å². The average molecular weight is 349 g/mol. The fourth-order valence-electron chi connectivity index (χ4n) is 3.21. The van der Waals surface area contributed by atoms with Crippen molar-refractivity contribution in [2.24, 2.45) is 0 Å². The summed E-state index contributed by atoms with van der Waals surface area (Å²) in [5, 5.41) is 7.21. The number of ether oxygens (including phenoxy) is 1. The lowest BCUT2D eigenvalue weighted by atomic mass is 10.0. The van der Waals surface area contributed by atoms with E-state index in [4.69, 9.17) is 4.74 Å². The van der Waals surface area contributed by atoms with Crippen LogP contribution in [0.1, 0.15) is 42.3 Å². The van der Waals surface area contributed by atoms with Gasteiger partial charge in [0.05, 0.1) is 18.8 Å². The smallest absolute Gasteiger partial charge is 0.247 e. The van der Waals surface area contributed by atoms with Crippen molar-refractivity contribution in [3.05, 3.63) is 41.2 Å². The molecule has 7 heteroatoms. The van der Waals surface area contributed by atoms with E-state index in [1.807, 2.05) is 26.0 Å². The maximum Gasteiger partial charge on any atom is 0.247 e. The van der Waals surface area contributed by atoms with Crippen molar-refractivity contribution in [1.29, 1.82) is 0 Å². The zero-order valence-corrected chi connectivity index (χ0v) is 15.1. The Morgan fingerprint density at radius 1 is 1.25 bits per heavy atom. The van der Waals surface area contributed by atoms with Crippen LogP contribution in [0, 0.1) is 13.8 Å². The third-order valence-electron chi connectivity index (χ3n) is 4.43. The molecule has 3 rings (SSSR count). The van der Waals surface area contributed by atoms with E-state index in [2.05, 4.69) is 10.2 Å². The number of hydrogen-bond acceptors (Lipinski definition) is 4. The van der Waals surface area contributed by atoms with E-state index in [0.717, 1.165) is 36.2 Å². The summed E-state index contributed by atoms with van der Waals surface area (Å²) >= 11 is 0. The summed E-state index contributed by atoms with van der Waals surface area (Å²) in [6, 6.07) is 6.92. The summed E-state index contributed by atoms with van der Waals surface area (Å²) in [5.74, 6) is 0.378. The minimum Gasteiger partial charge on any atom is -0.495 e. The van der Waals surface area contributed by atoms with Crippen molar-refractivity contribution in [1.82, 2.24) is 14.5 Å². The zero-order valence-electron chi connectivity index (χ0n) is 14.2. The largest absolute Gasteiger partial charge is 0.495 e. The lowest BCUT2D eigenvalue weighted by Crippen LogP contribution is -2.38. The van der Waals surface area contributed by atoms with E-state index in [1.165, 1.54) is 7.11 Å². The van der Waals surface area contributed by atoms with Crippen molar-refractivity contribution in [3.63, 3.8) is 0 Å². The fraction of sp³-hybridized carbons (Fsp3) is 0.471. The second kappa shape index (κ2) is 6.57. The maximum atomic E-state index is 13.3. The molecule has 6 nitrogen and oxygen atoms in total. The topological polar surface area (TPSA) is 75.3 Å². The van der Waals surface area contributed by atoms with Crippen molar-refractivity contribution < 1.29 is 13.2 Å². The van der Waals surface area contributed by atoms with Crippen LogP contribution in [0.25, 0.3) is 0 Å². The maximum absolute atomic E-state index is 13.3. The lowest BCUT2D eigenvalue weighted by molar-refractivity contribution is 0.250. The number of nitrogens with zero attached hydrogens (tertiary/aromatic N) is 2. The number of hydrogen-bond donors (Lipinski definition) is 1. The lowest BCUT2D eigenvalue weighted by Gasteiger charge is -2.34.